The molecular weight excluding hydrogens is 394 g/mol. The average molecular weight is 416 g/mol. The molecule has 0 aliphatic carbocycles. The summed E-state index contributed by atoms with van der Waals surface area (Å²) in [7, 11) is 0. The summed E-state index contributed by atoms with van der Waals surface area (Å²) < 4.78 is 38.9. The van der Waals surface area contributed by atoms with E-state index in [0.717, 1.165) is 11.8 Å². The molecule has 7 nitrogen and oxygen atoms in total. The molecule has 0 unspecified atom stereocenters. The van der Waals surface area contributed by atoms with Crippen molar-refractivity contribution < 1.29 is 23.0 Å². The van der Waals surface area contributed by atoms with E-state index < -0.39 is 18.0 Å². The number of benzene rings is 1. The number of pyridine rings is 1. The monoisotopic (exact) mass is 416 g/mol. The predicted molar refractivity (Wildman–Crippen MR) is 107 cm³/mol. The first-order chi connectivity index (χ1) is 14.4. The lowest BCUT2D eigenvalue weighted by atomic mass is 10.1. The van der Waals surface area contributed by atoms with Gasteiger partial charge in [-0.2, -0.15) is 5.10 Å². The van der Waals surface area contributed by atoms with Crippen LogP contribution in [0.1, 0.15) is 48.8 Å². The van der Waals surface area contributed by atoms with Crippen LogP contribution in [0.3, 0.4) is 0 Å². The summed E-state index contributed by atoms with van der Waals surface area (Å²) in [5.41, 5.74) is 0.580. The molecule has 0 saturated carbocycles. The molecule has 4 rings (SSSR count). The average Bonchev–Trinajstić information content (AvgIpc) is 3.36. The molecule has 3 aromatic rings. The van der Waals surface area contributed by atoms with Crippen LogP contribution in [0.25, 0.3) is 10.9 Å². The number of anilines is 1. The fourth-order valence-electron chi connectivity index (χ4n) is 3.34. The van der Waals surface area contributed by atoms with E-state index >= 15 is 0 Å². The fraction of sp³-hybridized carbons (Fsp3) is 0.381. The SMILES string of the molecule is CC(C)Oc1cc2nn([C@H]3CCOC3)cc2cc1C(=O)Nc1cccc(C(F)F)n1. The second-order valence-corrected chi connectivity index (χ2v) is 7.40. The molecule has 3 heterocycles. The summed E-state index contributed by atoms with van der Waals surface area (Å²) in [6.45, 7) is 5.01. The quantitative estimate of drug-likeness (QED) is 0.646. The number of amides is 1. The standard InChI is InChI=1S/C21H22F2N4O3/c1-12(2)30-18-9-17-13(10-27(26-17)14-6-7-29-11-14)8-15(18)21(28)25-19-5-3-4-16(24-19)20(22)23/h3-5,8-10,12,14,20H,6-7,11H2,1-2H3,(H,24,25,28)/t14-/m0/s1. The van der Waals surface area contributed by atoms with Gasteiger partial charge in [0.15, 0.2) is 0 Å². The number of nitrogens with zero attached hydrogens (tertiary/aromatic N) is 3. The van der Waals surface area contributed by atoms with Crippen molar-refractivity contribution >= 4 is 22.6 Å². The summed E-state index contributed by atoms with van der Waals surface area (Å²) in [6, 6.07) is 7.67. The highest BCUT2D eigenvalue weighted by atomic mass is 19.3. The van der Waals surface area contributed by atoms with E-state index in [-0.39, 0.29) is 23.5 Å². The van der Waals surface area contributed by atoms with E-state index in [4.69, 9.17) is 9.47 Å². The second-order valence-electron chi connectivity index (χ2n) is 7.40. The Morgan fingerprint density at radius 1 is 1.33 bits per heavy atom. The minimum Gasteiger partial charge on any atom is -0.490 e. The molecule has 1 N–H and O–H groups in total. The number of hydrogen-bond acceptors (Lipinski definition) is 5. The Labute approximate surface area is 172 Å². The van der Waals surface area contributed by atoms with Gasteiger partial charge in [-0.1, -0.05) is 6.07 Å². The van der Waals surface area contributed by atoms with Crippen LogP contribution < -0.4 is 10.1 Å². The van der Waals surface area contributed by atoms with Crippen molar-refractivity contribution in [1.29, 1.82) is 0 Å². The maximum atomic E-state index is 12.9. The number of alkyl halides is 2. The maximum Gasteiger partial charge on any atom is 0.280 e. The highest BCUT2D eigenvalue weighted by Gasteiger charge is 2.22. The molecule has 9 heteroatoms. The minimum absolute atomic E-state index is 0.0483. The molecule has 30 heavy (non-hydrogen) atoms. The van der Waals surface area contributed by atoms with Gasteiger partial charge in [-0.15, -0.1) is 0 Å². The Bertz CT molecular complexity index is 1060. The van der Waals surface area contributed by atoms with E-state index in [2.05, 4.69) is 15.4 Å². The summed E-state index contributed by atoms with van der Waals surface area (Å²) in [6.07, 6.45) is -0.133. The zero-order valence-corrected chi connectivity index (χ0v) is 16.6. The van der Waals surface area contributed by atoms with Crippen molar-refractivity contribution in [2.45, 2.75) is 38.8 Å². The largest absolute Gasteiger partial charge is 0.490 e. The third kappa shape index (κ3) is 4.25. The highest BCUT2D eigenvalue weighted by molar-refractivity contribution is 6.08. The molecule has 1 amide bonds. The zero-order chi connectivity index (χ0) is 21.3. The first-order valence-electron chi connectivity index (χ1n) is 9.74. The van der Waals surface area contributed by atoms with Gasteiger partial charge in [0, 0.05) is 24.3 Å². The minimum atomic E-state index is -2.72. The van der Waals surface area contributed by atoms with Crippen molar-refractivity contribution in [3.05, 3.63) is 47.8 Å². The molecule has 1 saturated heterocycles. The van der Waals surface area contributed by atoms with E-state index in [9.17, 15) is 13.6 Å². The number of carbonyl (C=O) groups is 1. The number of ether oxygens (including phenoxy) is 2. The van der Waals surface area contributed by atoms with Gasteiger partial charge < -0.3 is 14.8 Å². The number of fused-ring (bicyclic) bond motifs is 1. The van der Waals surface area contributed by atoms with Crippen LogP contribution in [-0.4, -0.2) is 40.0 Å². The summed E-state index contributed by atoms with van der Waals surface area (Å²) in [5.74, 6) is -0.0801. The first kappa shape index (κ1) is 20.2. The number of carbonyl (C=O) groups excluding carboxylic acids is 1. The fourth-order valence-corrected chi connectivity index (χ4v) is 3.34. The molecule has 2 aromatic heterocycles. The van der Waals surface area contributed by atoms with Crippen molar-refractivity contribution in [2.24, 2.45) is 0 Å². The molecule has 1 fully saturated rings. The highest BCUT2D eigenvalue weighted by Crippen LogP contribution is 2.29. The third-order valence-corrected chi connectivity index (χ3v) is 4.75. The van der Waals surface area contributed by atoms with Gasteiger partial charge in [0.05, 0.1) is 29.8 Å². The number of aromatic nitrogens is 3. The molecule has 1 atom stereocenters. The third-order valence-electron chi connectivity index (χ3n) is 4.75. The van der Waals surface area contributed by atoms with E-state index in [0.29, 0.717) is 24.5 Å². The van der Waals surface area contributed by atoms with Crippen LogP contribution in [0.2, 0.25) is 0 Å². The number of hydrogen-bond donors (Lipinski definition) is 1. The molecule has 0 bridgehead atoms. The van der Waals surface area contributed by atoms with E-state index in [1.54, 1.807) is 12.1 Å². The topological polar surface area (TPSA) is 78.3 Å². The molecule has 1 aliphatic rings. The van der Waals surface area contributed by atoms with Crippen molar-refractivity contribution in [2.75, 3.05) is 18.5 Å². The van der Waals surface area contributed by atoms with Crippen molar-refractivity contribution in [3.63, 3.8) is 0 Å². The van der Waals surface area contributed by atoms with E-state index in [1.807, 2.05) is 24.7 Å². The van der Waals surface area contributed by atoms with Gasteiger partial charge in [0.25, 0.3) is 12.3 Å². The first-order valence-corrected chi connectivity index (χ1v) is 9.74. The second kappa shape index (κ2) is 8.35. The summed E-state index contributed by atoms with van der Waals surface area (Å²) in [4.78, 5) is 16.7. The van der Waals surface area contributed by atoms with Gasteiger partial charge in [0.2, 0.25) is 0 Å². The van der Waals surface area contributed by atoms with Gasteiger partial charge in [-0.05, 0) is 38.5 Å². The Hall–Kier alpha value is -3.07. The number of halogens is 2. The smallest absolute Gasteiger partial charge is 0.280 e. The van der Waals surface area contributed by atoms with Gasteiger partial charge in [-0.25, -0.2) is 13.8 Å². The van der Waals surface area contributed by atoms with Gasteiger partial charge >= 0.3 is 0 Å². The molecule has 0 spiro atoms. The van der Waals surface area contributed by atoms with Gasteiger partial charge in [0.1, 0.15) is 17.3 Å². The Morgan fingerprint density at radius 2 is 2.17 bits per heavy atom. The summed E-state index contributed by atoms with van der Waals surface area (Å²) >= 11 is 0. The van der Waals surface area contributed by atoms with Crippen LogP contribution in [-0.2, 0) is 4.74 Å². The van der Waals surface area contributed by atoms with Crippen molar-refractivity contribution in [1.82, 2.24) is 14.8 Å². The molecule has 1 aliphatic heterocycles. The van der Waals surface area contributed by atoms with Gasteiger partial charge in [-0.3, -0.25) is 9.48 Å². The molecular formula is C21H22F2N4O3. The van der Waals surface area contributed by atoms with Crippen LogP contribution in [0, 0.1) is 0 Å². The molecule has 0 radical (unpaired) electrons. The lowest BCUT2D eigenvalue weighted by molar-refractivity contribution is 0.102. The lowest BCUT2D eigenvalue weighted by Gasteiger charge is -2.14. The predicted octanol–water partition coefficient (Wildman–Crippen LogP) is 4.37. The van der Waals surface area contributed by atoms with Crippen LogP contribution in [0.5, 0.6) is 5.75 Å². The van der Waals surface area contributed by atoms with E-state index in [1.165, 1.54) is 18.2 Å². The Kier molecular flexibility index (Phi) is 5.63. The number of rotatable bonds is 6. The summed E-state index contributed by atoms with van der Waals surface area (Å²) in [5, 5.41) is 7.97. The van der Waals surface area contributed by atoms with Crippen LogP contribution in [0.4, 0.5) is 14.6 Å². The van der Waals surface area contributed by atoms with Crippen LogP contribution in [0.15, 0.2) is 36.5 Å². The van der Waals surface area contributed by atoms with Crippen molar-refractivity contribution in [3.8, 4) is 5.75 Å². The Morgan fingerprint density at radius 3 is 2.87 bits per heavy atom. The normalized spacial score (nSPS) is 16.5. The molecule has 1 aromatic carbocycles. The Balaban J connectivity index is 1.68. The molecule has 158 valence electrons. The zero-order valence-electron chi connectivity index (χ0n) is 16.6. The lowest BCUT2D eigenvalue weighted by Crippen LogP contribution is -2.16. The maximum absolute atomic E-state index is 12.9. The number of nitrogens with one attached hydrogen (secondary N) is 1. The van der Waals surface area contributed by atoms with Crippen LogP contribution >= 0.6 is 0 Å².